The summed E-state index contributed by atoms with van der Waals surface area (Å²) in [4.78, 5) is 0. The van der Waals surface area contributed by atoms with Crippen LogP contribution in [0.5, 0.6) is 0 Å². The van der Waals surface area contributed by atoms with Crippen molar-refractivity contribution in [2.75, 3.05) is 9.35 Å². The van der Waals surface area contributed by atoms with Gasteiger partial charge in [0, 0.05) is 11.4 Å². The first-order valence-corrected chi connectivity index (χ1v) is 17.9. The van der Waals surface area contributed by atoms with Gasteiger partial charge in [-0.1, -0.05) is 60.7 Å². The summed E-state index contributed by atoms with van der Waals surface area (Å²) in [5, 5.41) is 9.69. The van der Waals surface area contributed by atoms with Crippen molar-refractivity contribution in [2.45, 2.75) is 39.3 Å². The molecule has 3 aromatic rings. The molecule has 0 radical (unpaired) electrons. The van der Waals surface area contributed by atoms with Crippen molar-refractivity contribution in [3.63, 3.8) is 0 Å². The van der Waals surface area contributed by atoms with E-state index in [9.17, 15) is 0 Å². The van der Waals surface area contributed by atoms with Gasteiger partial charge in [0.05, 0.1) is 12.4 Å². The average molecular weight is 459 g/mol. The van der Waals surface area contributed by atoms with E-state index in [0.29, 0.717) is 0 Å². The lowest BCUT2D eigenvalue weighted by atomic mass is 10.2. The van der Waals surface area contributed by atoms with Crippen LogP contribution in [0.25, 0.3) is 0 Å². The molecule has 6 heteroatoms. The predicted octanol–water partition coefficient (Wildman–Crippen LogP) is 7.04. The number of benzene rings is 3. The van der Waals surface area contributed by atoms with Gasteiger partial charge in [0.1, 0.15) is 0 Å². The third kappa shape index (κ3) is 6.51. The summed E-state index contributed by atoms with van der Waals surface area (Å²) in [6.45, 7) is 13.8. The fourth-order valence-corrected chi connectivity index (χ4v) is 5.97. The smallest absolute Gasteiger partial charge is 0.176 e. The minimum Gasteiger partial charge on any atom is -0.295 e. The Morgan fingerprint density at radius 1 is 0.500 bits per heavy atom. The Morgan fingerprint density at radius 3 is 1.09 bits per heavy atom. The van der Waals surface area contributed by atoms with Gasteiger partial charge in [-0.2, -0.15) is 10.2 Å². The lowest BCUT2D eigenvalue weighted by molar-refractivity contribution is 1.13. The third-order valence-electron chi connectivity index (χ3n) is 4.85. The summed E-state index contributed by atoms with van der Waals surface area (Å²) >= 11 is 0. The molecule has 0 atom stereocenters. The van der Waals surface area contributed by atoms with Gasteiger partial charge in [0.15, 0.2) is 16.5 Å². The molecule has 32 heavy (non-hydrogen) atoms. The van der Waals surface area contributed by atoms with E-state index in [2.05, 4.69) is 121 Å². The first kappa shape index (κ1) is 23.7. The number of anilines is 2. The standard InChI is InChI=1S/C26H34N4Si2/c1-31(2,3)29(25-13-9-7-10-14-25)27-21-23-17-19-24(20-18-23)22-28-30(32(4,5)6)26-15-11-8-12-16-26/h7-22H,1-6H3. The Kier molecular flexibility index (Phi) is 7.48. The molecule has 0 aromatic heterocycles. The van der Waals surface area contributed by atoms with Crippen molar-refractivity contribution >= 4 is 40.3 Å². The minimum absolute atomic E-state index is 1.08. The highest BCUT2D eigenvalue weighted by atomic mass is 28.3. The van der Waals surface area contributed by atoms with Crippen molar-refractivity contribution in [2.24, 2.45) is 10.2 Å². The number of hydrogen-bond acceptors (Lipinski definition) is 4. The second-order valence-corrected chi connectivity index (χ2v) is 19.3. The topological polar surface area (TPSA) is 31.2 Å². The van der Waals surface area contributed by atoms with E-state index in [1.807, 2.05) is 24.6 Å². The molecule has 0 fully saturated rings. The molecule has 0 aliphatic heterocycles. The fourth-order valence-electron chi connectivity index (χ4n) is 3.31. The zero-order valence-electron chi connectivity index (χ0n) is 20.0. The first-order valence-electron chi connectivity index (χ1n) is 11.0. The molecule has 0 spiro atoms. The van der Waals surface area contributed by atoms with Crippen LogP contribution in [0, 0.1) is 0 Å². The fraction of sp³-hybridized carbons (Fsp3) is 0.231. The number of hydrazone groups is 2. The van der Waals surface area contributed by atoms with Crippen LogP contribution in [0.3, 0.4) is 0 Å². The molecule has 0 N–H and O–H groups in total. The van der Waals surface area contributed by atoms with E-state index in [4.69, 9.17) is 10.2 Å². The molecular formula is C26H34N4Si2. The zero-order chi connectivity index (χ0) is 23.2. The van der Waals surface area contributed by atoms with Crippen LogP contribution in [-0.4, -0.2) is 28.9 Å². The van der Waals surface area contributed by atoms with Gasteiger partial charge in [-0.25, -0.2) is 0 Å². The quantitative estimate of drug-likeness (QED) is 0.206. The van der Waals surface area contributed by atoms with Crippen molar-refractivity contribution in [1.82, 2.24) is 0 Å². The highest BCUT2D eigenvalue weighted by Crippen LogP contribution is 2.23. The summed E-state index contributed by atoms with van der Waals surface area (Å²) < 4.78 is 4.38. The van der Waals surface area contributed by atoms with Crippen molar-refractivity contribution in [1.29, 1.82) is 0 Å². The van der Waals surface area contributed by atoms with Crippen LogP contribution in [0.1, 0.15) is 11.1 Å². The Hall–Kier alpha value is -2.97. The van der Waals surface area contributed by atoms with Crippen LogP contribution < -0.4 is 9.35 Å². The second-order valence-electron chi connectivity index (χ2n) is 9.79. The molecule has 0 saturated carbocycles. The van der Waals surface area contributed by atoms with Crippen molar-refractivity contribution in [3.8, 4) is 0 Å². The van der Waals surface area contributed by atoms with Gasteiger partial charge in [-0.05, 0) is 74.7 Å². The summed E-state index contributed by atoms with van der Waals surface area (Å²) in [7, 11) is -3.31. The van der Waals surface area contributed by atoms with Gasteiger partial charge in [-0.3, -0.25) is 9.35 Å². The number of para-hydroxylation sites is 2. The molecule has 4 nitrogen and oxygen atoms in total. The van der Waals surface area contributed by atoms with E-state index in [0.717, 1.165) is 22.5 Å². The van der Waals surface area contributed by atoms with E-state index in [1.165, 1.54) is 0 Å². The van der Waals surface area contributed by atoms with Crippen molar-refractivity contribution < 1.29 is 0 Å². The van der Waals surface area contributed by atoms with Gasteiger partial charge in [0.2, 0.25) is 0 Å². The monoisotopic (exact) mass is 458 g/mol. The second kappa shape index (κ2) is 10.1. The van der Waals surface area contributed by atoms with Crippen molar-refractivity contribution in [3.05, 3.63) is 96.1 Å². The molecular weight excluding hydrogens is 424 g/mol. The Morgan fingerprint density at radius 2 is 0.812 bits per heavy atom. The largest absolute Gasteiger partial charge is 0.295 e. The lowest BCUT2D eigenvalue weighted by Gasteiger charge is -2.31. The van der Waals surface area contributed by atoms with Crippen LogP contribution >= 0.6 is 0 Å². The maximum Gasteiger partial charge on any atom is 0.176 e. The molecule has 0 amide bonds. The van der Waals surface area contributed by atoms with E-state index in [-0.39, 0.29) is 0 Å². The summed E-state index contributed by atoms with van der Waals surface area (Å²) in [5.41, 5.74) is 4.43. The van der Waals surface area contributed by atoms with E-state index in [1.54, 1.807) is 0 Å². The summed E-state index contributed by atoms with van der Waals surface area (Å²) in [5.74, 6) is 0. The van der Waals surface area contributed by atoms with Gasteiger partial charge < -0.3 is 0 Å². The Bertz CT molecular complexity index is 949. The summed E-state index contributed by atoms with van der Waals surface area (Å²) in [6.07, 6.45) is 3.90. The van der Waals surface area contributed by atoms with Crippen LogP contribution in [0.4, 0.5) is 11.4 Å². The average Bonchev–Trinajstić information content (AvgIpc) is 2.75. The van der Waals surface area contributed by atoms with Gasteiger partial charge >= 0.3 is 0 Å². The molecule has 0 saturated heterocycles. The normalized spacial score (nSPS) is 12.4. The molecule has 3 rings (SSSR count). The van der Waals surface area contributed by atoms with E-state index >= 15 is 0 Å². The molecule has 0 bridgehead atoms. The SMILES string of the molecule is C[Si](C)(C)N(N=Cc1ccc(C=NN(c2ccccc2)[Si](C)(C)C)cc1)c1ccccc1. The molecule has 0 aliphatic carbocycles. The minimum atomic E-state index is -1.66. The van der Waals surface area contributed by atoms with Crippen LogP contribution in [0.2, 0.25) is 39.3 Å². The van der Waals surface area contributed by atoms with Gasteiger partial charge in [0.25, 0.3) is 0 Å². The number of nitrogens with zero attached hydrogens (tertiary/aromatic N) is 4. The maximum absolute atomic E-state index is 4.85. The molecule has 0 unspecified atom stereocenters. The molecule has 3 aromatic carbocycles. The highest BCUT2D eigenvalue weighted by molar-refractivity contribution is 6.80. The van der Waals surface area contributed by atoms with Crippen LogP contribution in [-0.2, 0) is 0 Å². The maximum atomic E-state index is 4.85. The third-order valence-corrected chi connectivity index (χ3v) is 8.14. The summed E-state index contributed by atoms with van der Waals surface area (Å²) in [6, 6.07) is 29.2. The van der Waals surface area contributed by atoms with Gasteiger partial charge in [-0.15, -0.1) is 0 Å². The van der Waals surface area contributed by atoms with E-state index < -0.39 is 16.5 Å². The lowest BCUT2D eigenvalue weighted by Crippen LogP contribution is -2.42. The number of rotatable bonds is 8. The Labute approximate surface area is 195 Å². The first-order chi connectivity index (χ1) is 15.1. The molecule has 0 heterocycles. The highest BCUT2D eigenvalue weighted by Gasteiger charge is 2.25. The predicted molar refractivity (Wildman–Crippen MR) is 146 cm³/mol. The van der Waals surface area contributed by atoms with Crippen LogP contribution in [0.15, 0.2) is 95.1 Å². The Balaban J connectivity index is 1.77. The molecule has 166 valence electrons. The number of hydrogen-bond donors (Lipinski definition) is 0. The molecule has 0 aliphatic rings. The zero-order valence-corrected chi connectivity index (χ0v) is 22.0.